The number of aryl methyl sites for hydroxylation is 1. The molecule has 0 nitrogen and oxygen atoms in total. The summed E-state index contributed by atoms with van der Waals surface area (Å²) in [5.41, 5.74) is 2.77. The summed E-state index contributed by atoms with van der Waals surface area (Å²) in [6.45, 7) is 4.35. The highest BCUT2D eigenvalue weighted by Gasteiger charge is 2.03. The van der Waals surface area contributed by atoms with Crippen molar-refractivity contribution >= 4 is 15.9 Å². The number of rotatable bonds is 4. The van der Waals surface area contributed by atoms with Crippen molar-refractivity contribution in [3.63, 3.8) is 0 Å². The highest BCUT2D eigenvalue weighted by atomic mass is 79.9. The summed E-state index contributed by atoms with van der Waals surface area (Å²) in [6.07, 6.45) is 3.66. The van der Waals surface area contributed by atoms with Gasteiger partial charge < -0.3 is 0 Å². The highest BCUT2D eigenvalue weighted by Crippen LogP contribution is 2.15. The second-order valence-corrected chi connectivity index (χ2v) is 4.87. The normalized spacial score (nSPS) is 12.8. The molecule has 1 atom stereocenters. The van der Waals surface area contributed by atoms with Crippen LogP contribution in [0.25, 0.3) is 0 Å². The standard InChI is InChI=1S/C12H17Br/c1-3-4-12(13)9-11-7-5-10(2)6-8-11/h5-8,12H,3-4,9H2,1-2H3. The van der Waals surface area contributed by atoms with Gasteiger partial charge in [-0.1, -0.05) is 59.1 Å². The van der Waals surface area contributed by atoms with E-state index in [1.165, 1.54) is 24.0 Å². The molecule has 0 bridgehead atoms. The molecule has 0 aliphatic rings. The molecule has 0 N–H and O–H groups in total. The van der Waals surface area contributed by atoms with Crippen molar-refractivity contribution in [3.05, 3.63) is 35.4 Å². The Morgan fingerprint density at radius 1 is 1.23 bits per heavy atom. The lowest BCUT2D eigenvalue weighted by Gasteiger charge is -2.08. The average Bonchev–Trinajstić information content (AvgIpc) is 2.09. The van der Waals surface area contributed by atoms with E-state index in [0.29, 0.717) is 4.83 Å². The van der Waals surface area contributed by atoms with Crippen LogP contribution < -0.4 is 0 Å². The van der Waals surface area contributed by atoms with Crippen molar-refractivity contribution in [2.24, 2.45) is 0 Å². The molecular weight excluding hydrogens is 224 g/mol. The van der Waals surface area contributed by atoms with Crippen molar-refractivity contribution in [1.82, 2.24) is 0 Å². The van der Waals surface area contributed by atoms with Crippen molar-refractivity contribution < 1.29 is 0 Å². The fourth-order valence-corrected chi connectivity index (χ4v) is 2.23. The van der Waals surface area contributed by atoms with E-state index in [1.54, 1.807) is 0 Å². The lowest BCUT2D eigenvalue weighted by Crippen LogP contribution is -2.01. The second kappa shape index (κ2) is 5.43. The van der Waals surface area contributed by atoms with Gasteiger partial charge in [0.15, 0.2) is 0 Å². The van der Waals surface area contributed by atoms with Crippen LogP contribution in [0.4, 0.5) is 0 Å². The molecule has 0 heterocycles. The van der Waals surface area contributed by atoms with Gasteiger partial charge in [0.05, 0.1) is 0 Å². The summed E-state index contributed by atoms with van der Waals surface area (Å²) in [7, 11) is 0. The predicted octanol–water partition coefficient (Wildman–Crippen LogP) is 4.10. The van der Waals surface area contributed by atoms with E-state index >= 15 is 0 Å². The third-order valence-corrected chi connectivity index (χ3v) is 2.96. The Hall–Kier alpha value is -0.300. The van der Waals surface area contributed by atoms with Crippen molar-refractivity contribution in [2.45, 2.75) is 37.9 Å². The number of alkyl halides is 1. The zero-order chi connectivity index (χ0) is 9.68. The summed E-state index contributed by atoms with van der Waals surface area (Å²) in [6, 6.07) is 8.81. The summed E-state index contributed by atoms with van der Waals surface area (Å²) >= 11 is 3.69. The molecule has 1 unspecified atom stereocenters. The summed E-state index contributed by atoms with van der Waals surface area (Å²) in [4.78, 5) is 0.639. The first-order valence-corrected chi connectivity index (χ1v) is 5.83. The fraction of sp³-hybridized carbons (Fsp3) is 0.500. The third kappa shape index (κ3) is 3.95. The van der Waals surface area contributed by atoms with E-state index in [-0.39, 0.29) is 0 Å². The molecule has 0 amide bonds. The fourth-order valence-electron chi connectivity index (χ4n) is 1.40. The first kappa shape index (κ1) is 10.8. The summed E-state index contributed by atoms with van der Waals surface area (Å²) in [5, 5.41) is 0. The van der Waals surface area contributed by atoms with E-state index in [4.69, 9.17) is 0 Å². The lowest BCUT2D eigenvalue weighted by atomic mass is 10.1. The minimum Gasteiger partial charge on any atom is -0.0887 e. The quantitative estimate of drug-likeness (QED) is 0.696. The molecule has 1 rings (SSSR count). The number of hydrogen-bond acceptors (Lipinski definition) is 0. The van der Waals surface area contributed by atoms with Gasteiger partial charge in [0.25, 0.3) is 0 Å². The Kier molecular flexibility index (Phi) is 4.51. The largest absolute Gasteiger partial charge is 0.0887 e. The van der Waals surface area contributed by atoms with E-state index in [2.05, 4.69) is 54.0 Å². The van der Waals surface area contributed by atoms with Crippen LogP contribution in [0, 0.1) is 6.92 Å². The van der Waals surface area contributed by atoms with Gasteiger partial charge in [-0.05, 0) is 25.3 Å². The minimum absolute atomic E-state index is 0.639. The van der Waals surface area contributed by atoms with E-state index in [0.717, 1.165) is 6.42 Å². The molecule has 0 aliphatic carbocycles. The number of hydrogen-bond donors (Lipinski definition) is 0. The van der Waals surface area contributed by atoms with E-state index < -0.39 is 0 Å². The van der Waals surface area contributed by atoms with E-state index in [1.807, 2.05) is 0 Å². The Morgan fingerprint density at radius 3 is 2.38 bits per heavy atom. The van der Waals surface area contributed by atoms with Crippen LogP contribution in [0.3, 0.4) is 0 Å². The van der Waals surface area contributed by atoms with Crippen molar-refractivity contribution in [3.8, 4) is 0 Å². The van der Waals surface area contributed by atoms with Gasteiger partial charge in [0, 0.05) is 4.83 Å². The molecule has 1 heteroatoms. The van der Waals surface area contributed by atoms with Gasteiger partial charge >= 0.3 is 0 Å². The molecule has 0 fully saturated rings. The second-order valence-electron chi connectivity index (χ2n) is 3.58. The van der Waals surface area contributed by atoms with Crippen LogP contribution in [-0.2, 0) is 6.42 Å². The van der Waals surface area contributed by atoms with Crippen LogP contribution in [0.1, 0.15) is 30.9 Å². The monoisotopic (exact) mass is 240 g/mol. The van der Waals surface area contributed by atoms with Gasteiger partial charge in [-0.2, -0.15) is 0 Å². The van der Waals surface area contributed by atoms with E-state index in [9.17, 15) is 0 Å². The zero-order valence-electron chi connectivity index (χ0n) is 8.39. The molecule has 1 aromatic carbocycles. The molecule has 0 saturated heterocycles. The van der Waals surface area contributed by atoms with Crippen LogP contribution in [0.15, 0.2) is 24.3 Å². The predicted molar refractivity (Wildman–Crippen MR) is 62.5 cm³/mol. The van der Waals surface area contributed by atoms with Crippen molar-refractivity contribution in [1.29, 1.82) is 0 Å². The molecule has 13 heavy (non-hydrogen) atoms. The molecular formula is C12H17Br. The zero-order valence-corrected chi connectivity index (χ0v) is 9.97. The van der Waals surface area contributed by atoms with Gasteiger partial charge in [-0.3, -0.25) is 0 Å². The maximum absolute atomic E-state index is 3.69. The maximum atomic E-state index is 3.69. The Morgan fingerprint density at radius 2 is 1.85 bits per heavy atom. The highest BCUT2D eigenvalue weighted by molar-refractivity contribution is 9.09. The van der Waals surface area contributed by atoms with Gasteiger partial charge in [0.1, 0.15) is 0 Å². The summed E-state index contributed by atoms with van der Waals surface area (Å²) in [5.74, 6) is 0. The third-order valence-electron chi connectivity index (χ3n) is 2.18. The molecule has 0 aromatic heterocycles. The SMILES string of the molecule is CCCC(Br)Cc1ccc(C)cc1. The van der Waals surface area contributed by atoms with Crippen LogP contribution >= 0.6 is 15.9 Å². The minimum atomic E-state index is 0.639. The van der Waals surface area contributed by atoms with Crippen LogP contribution in [-0.4, -0.2) is 4.83 Å². The molecule has 72 valence electrons. The topological polar surface area (TPSA) is 0 Å². The van der Waals surface area contributed by atoms with Crippen molar-refractivity contribution in [2.75, 3.05) is 0 Å². The summed E-state index contributed by atoms with van der Waals surface area (Å²) < 4.78 is 0. The Balaban J connectivity index is 2.49. The average molecular weight is 241 g/mol. The number of benzene rings is 1. The molecule has 0 spiro atoms. The van der Waals surface area contributed by atoms with Crippen LogP contribution in [0.2, 0.25) is 0 Å². The van der Waals surface area contributed by atoms with Gasteiger partial charge in [-0.25, -0.2) is 0 Å². The molecule has 0 saturated carbocycles. The lowest BCUT2D eigenvalue weighted by molar-refractivity contribution is 0.745. The van der Waals surface area contributed by atoms with Gasteiger partial charge in [-0.15, -0.1) is 0 Å². The molecule has 1 aromatic rings. The van der Waals surface area contributed by atoms with Gasteiger partial charge in [0.2, 0.25) is 0 Å². The smallest absolute Gasteiger partial charge is 0.0186 e. The Bertz CT molecular complexity index is 238. The first-order valence-electron chi connectivity index (χ1n) is 4.92. The Labute approximate surface area is 89.5 Å². The molecule has 0 aliphatic heterocycles. The first-order chi connectivity index (χ1) is 6.22. The number of halogens is 1. The maximum Gasteiger partial charge on any atom is 0.0186 e. The van der Waals surface area contributed by atoms with Crippen LogP contribution in [0.5, 0.6) is 0 Å². The molecule has 0 radical (unpaired) electrons.